The van der Waals surface area contributed by atoms with E-state index >= 15 is 0 Å². The summed E-state index contributed by atoms with van der Waals surface area (Å²) in [5.41, 5.74) is 5.29. The summed E-state index contributed by atoms with van der Waals surface area (Å²) in [5.74, 6) is -1.77. The number of aliphatic carboxylic acids is 1. The molecule has 33 heavy (non-hydrogen) atoms. The Morgan fingerprint density at radius 2 is 1.79 bits per heavy atom. The molecular formula is C18H19N6O7S2+. The molecule has 3 unspecified atom stereocenters. The molecule has 3 rings (SSSR count). The summed E-state index contributed by atoms with van der Waals surface area (Å²) < 4.78 is 36.4. The quantitative estimate of drug-likeness (QED) is 0.272. The van der Waals surface area contributed by atoms with Gasteiger partial charge in [-0.3, -0.25) is 5.43 Å². The molecule has 0 bridgehead atoms. The van der Waals surface area contributed by atoms with Crippen LogP contribution in [0.5, 0.6) is 5.75 Å². The van der Waals surface area contributed by atoms with Crippen LogP contribution in [0.25, 0.3) is 0 Å². The molecule has 3 atom stereocenters. The van der Waals surface area contributed by atoms with E-state index in [1.54, 1.807) is 12.1 Å². The number of hydroxylamine groups is 1. The van der Waals surface area contributed by atoms with Gasteiger partial charge in [0.2, 0.25) is 22.5 Å². The topological polar surface area (TPSA) is 171 Å². The first-order valence-corrected chi connectivity index (χ1v) is 11.3. The number of carboxylic acid groups (broad SMARTS) is 1. The van der Waals surface area contributed by atoms with Crippen LogP contribution in [-0.2, 0) is 36.2 Å². The van der Waals surface area contributed by atoms with Crippen LogP contribution in [0.2, 0.25) is 0 Å². The third-order valence-electron chi connectivity index (χ3n) is 4.07. The summed E-state index contributed by atoms with van der Waals surface area (Å²) in [6.07, 6.45) is 0. The second-order valence-electron chi connectivity index (χ2n) is 6.14. The number of nitrogens with one attached hydrogen (secondary N) is 3. The third kappa shape index (κ3) is 5.91. The van der Waals surface area contributed by atoms with Gasteiger partial charge in [0.05, 0.1) is 10.6 Å². The summed E-state index contributed by atoms with van der Waals surface area (Å²) in [4.78, 5) is 24.8. The van der Waals surface area contributed by atoms with Crippen LogP contribution in [0.4, 0.5) is 11.4 Å². The highest BCUT2D eigenvalue weighted by atomic mass is 32.2. The number of carbonyl (C=O) groups excluding carboxylic acids is 1. The van der Waals surface area contributed by atoms with Gasteiger partial charge in [0.15, 0.2) is 0 Å². The van der Waals surface area contributed by atoms with Crippen molar-refractivity contribution in [3.63, 3.8) is 0 Å². The third-order valence-corrected chi connectivity index (χ3v) is 5.72. The molecule has 2 aromatic rings. The van der Waals surface area contributed by atoms with Crippen LogP contribution < -0.4 is 19.8 Å². The predicted octanol–water partition coefficient (Wildman–Crippen LogP) is 0.595. The summed E-state index contributed by atoms with van der Waals surface area (Å²) in [5, 5.41) is 17.4. The molecule has 13 nitrogen and oxygen atoms in total. The minimum Gasteiger partial charge on any atom is -0.479 e. The zero-order chi connectivity index (χ0) is 24.0. The van der Waals surface area contributed by atoms with Crippen LogP contribution >= 0.6 is 0 Å². The zero-order valence-electron chi connectivity index (χ0n) is 17.3. The van der Waals surface area contributed by atoms with Crippen LogP contribution in [0, 0.1) is 0 Å². The molecule has 0 aliphatic carbocycles. The van der Waals surface area contributed by atoms with E-state index < -0.39 is 40.3 Å². The van der Waals surface area contributed by atoms with Gasteiger partial charge in [0.1, 0.15) is 5.75 Å². The molecule has 174 valence electrons. The fourth-order valence-electron chi connectivity index (χ4n) is 2.57. The highest BCUT2D eigenvalue weighted by Crippen LogP contribution is 2.22. The molecular weight excluding hydrogens is 476 g/mol. The average molecular weight is 496 g/mol. The lowest BCUT2D eigenvalue weighted by Crippen LogP contribution is -2.30. The Labute approximate surface area is 192 Å². The van der Waals surface area contributed by atoms with Crippen molar-refractivity contribution in [1.82, 2.24) is 10.2 Å². The maximum Gasteiger partial charge on any atom is 0.469 e. The number of hydrogen-bond donors (Lipinski definition) is 4. The Bertz CT molecular complexity index is 1150. The molecule has 2 aromatic carbocycles. The summed E-state index contributed by atoms with van der Waals surface area (Å²) in [6.45, 7) is 0. The predicted molar refractivity (Wildman–Crippen MR) is 117 cm³/mol. The molecule has 1 heterocycles. The number of carbonyl (C=O) groups is 2. The second kappa shape index (κ2) is 11.0. The number of carboxylic acids is 1. The number of hydrazone groups is 1. The summed E-state index contributed by atoms with van der Waals surface area (Å²) >= 11 is -3.44. The SMILES string of the molecule is CNOS(=O)c1ccc([N+]2=NC(C(=O)O)/C(=N\Nc3ccc(OS(=O)NC)cc3)C2=O)cc1. The molecule has 1 amide bonds. The Kier molecular flexibility index (Phi) is 8.07. The van der Waals surface area contributed by atoms with Gasteiger partial charge in [0, 0.05) is 19.2 Å². The molecule has 0 spiro atoms. The van der Waals surface area contributed by atoms with Crippen molar-refractivity contribution in [2.24, 2.45) is 10.2 Å². The largest absolute Gasteiger partial charge is 0.479 e. The number of nitrogens with zero attached hydrogens (tertiary/aromatic N) is 3. The Morgan fingerprint density at radius 1 is 1.12 bits per heavy atom. The molecule has 0 fully saturated rings. The standard InChI is InChI=1S/C18H18N6O7S2/c1-19-31-32(28)14-9-5-12(6-10-14)24-17(25)15(16(23-24)18(26)27)22-21-11-3-7-13(8-4-11)30-33(29)20-2/h3-10,16,19-20H,1-2H3,(H-,21,25,26,27)/p+1. The second-order valence-corrected chi connectivity index (χ2v) is 8.30. The van der Waals surface area contributed by atoms with Crippen LogP contribution in [0.1, 0.15) is 0 Å². The van der Waals surface area contributed by atoms with E-state index in [0.29, 0.717) is 16.3 Å². The van der Waals surface area contributed by atoms with Crippen LogP contribution in [0.3, 0.4) is 0 Å². The van der Waals surface area contributed by atoms with E-state index in [2.05, 4.69) is 25.8 Å². The molecule has 0 saturated heterocycles. The minimum absolute atomic E-state index is 0.265. The first-order valence-electron chi connectivity index (χ1n) is 9.19. The Balaban J connectivity index is 1.78. The van der Waals surface area contributed by atoms with Gasteiger partial charge in [-0.1, -0.05) is 0 Å². The van der Waals surface area contributed by atoms with Crippen molar-refractivity contribution in [3.05, 3.63) is 48.5 Å². The van der Waals surface area contributed by atoms with Gasteiger partial charge >= 0.3 is 11.9 Å². The molecule has 1 aliphatic rings. The fraction of sp³-hybridized carbons (Fsp3) is 0.167. The average Bonchev–Trinajstić information content (AvgIpc) is 3.15. The number of amides is 1. The first kappa shape index (κ1) is 24.3. The van der Waals surface area contributed by atoms with E-state index in [0.717, 1.165) is 4.70 Å². The van der Waals surface area contributed by atoms with Crippen LogP contribution in [0.15, 0.2) is 63.6 Å². The maximum absolute atomic E-state index is 12.8. The lowest BCUT2D eigenvalue weighted by atomic mass is 10.2. The molecule has 0 radical (unpaired) electrons. The zero-order valence-corrected chi connectivity index (χ0v) is 18.9. The van der Waals surface area contributed by atoms with E-state index in [4.69, 9.17) is 8.47 Å². The number of rotatable bonds is 10. The highest BCUT2D eigenvalue weighted by molar-refractivity contribution is 7.80. The van der Waals surface area contributed by atoms with Crippen molar-refractivity contribution in [2.75, 3.05) is 19.5 Å². The van der Waals surface area contributed by atoms with Gasteiger partial charge in [0.25, 0.3) is 17.3 Å². The van der Waals surface area contributed by atoms with Crippen molar-refractivity contribution < 1.29 is 36.3 Å². The molecule has 0 aromatic heterocycles. The van der Waals surface area contributed by atoms with Gasteiger partial charge < -0.3 is 9.29 Å². The number of hydrogen-bond acceptors (Lipinski definition) is 10. The first-order chi connectivity index (χ1) is 15.8. The van der Waals surface area contributed by atoms with Gasteiger partial charge in [-0.2, -0.15) is 19.1 Å². The summed E-state index contributed by atoms with van der Waals surface area (Å²) in [6, 6.07) is 10.4. The van der Waals surface area contributed by atoms with Gasteiger partial charge in [-0.25, -0.2) is 18.5 Å². The summed E-state index contributed by atoms with van der Waals surface area (Å²) in [7, 11) is 2.94. The van der Waals surface area contributed by atoms with Crippen molar-refractivity contribution in [3.8, 4) is 5.75 Å². The Hall–Kier alpha value is -3.37. The number of azo groups is 2. The lowest BCUT2D eigenvalue weighted by Gasteiger charge is -2.05. The highest BCUT2D eigenvalue weighted by Gasteiger charge is 2.48. The molecule has 15 heteroatoms. The maximum atomic E-state index is 12.8. The molecule has 1 aliphatic heterocycles. The monoisotopic (exact) mass is 495 g/mol. The fourth-order valence-corrected chi connectivity index (χ4v) is 3.54. The number of benzene rings is 2. The normalized spacial score (nSPS) is 18.6. The van der Waals surface area contributed by atoms with Crippen molar-refractivity contribution in [2.45, 2.75) is 10.9 Å². The molecule has 4 N–H and O–H groups in total. The minimum atomic E-state index is -1.76. The molecule has 0 saturated carbocycles. The van der Waals surface area contributed by atoms with Gasteiger partial charge in [-0.05, 0) is 53.3 Å². The van der Waals surface area contributed by atoms with E-state index in [1.807, 2.05) is 0 Å². The van der Waals surface area contributed by atoms with E-state index in [1.165, 1.54) is 50.5 Å². The van der Waals surface area contributed by atoms with E-state index in [-0.39, 0.29) is 11.4 Å². The van der Waals surface area contributed by atoms with Crippen LogP contribution in [-0.4, -0.2) is 55.9 Å². The lowest BCUT2D eigenvalue weighted by molar-refractivity contribution is -0.421. The Morgan fingerprint density at radius 3 is 2.36 bits per heavy atom. The van der Waals surface area contributed by atoms with Crippen molar-refractivity contribution >= 4 is 51.3 Å². The van der Waals surface area contributed by atoms with Crippen molar-refractivity contribution in [1.29, 1.82) is 0 Å². The smallest absolute Gasteiger partial charge is 0.469 e. The number of anilines is 1. The van der Waals surface area contributed by atoms with Gasteiger partial charge in [-0.15, -0.1) is 0 Å². The van der Waals surface area contributed by atoms with E-state index in [9.17, 15) is 23.1 Å².